The van der Waals surface area contributed by atoms with Crippen molar-refractivity contribution in [2.45, 2.75) is 46.5 Å². The van der Waals surface area contributed by atoms with E-state index in [0.717, 1.165) is 36.1 Å². The second-order valence-electron chi connectivity index (χ2n) is 5.75. The maximum atomic E-state index is 12.4. The third-order valence-electron chi connectivity index (χ3n) is 3.87. The molecular weight excluding hydrogens is 302 g/mol. The Morgan fingerprint density at radius 2 is 1.75 bits per heavy atom. The summed E-state index contributed by atoms with van der Waals surface area (Å²) in [4.78, 5) is 22.0. The lowest BCUT2D eigenvalue weighted by Gasteiger charge is -2.06. The van der Waals surface area contributed by atoms with E-state index in [9.17, 15) is 14.7 Å². The van der Waals surface area contributed by atoms with Gasteiger partial charge in [-0.05, 0) is 37.8 Å². The molecular formula is C20H26NO3-. The van der Waals surface area contributed by atoms with E-state index in [1.54, 1.807) is 0 Å². The van der Waals surface area contributed by atoms with Crippen LogP contribution in [0.2, 0.25) is 0 Å². The summed E-state index contributed by atoms with van der Waals surface area (Å²) >= 11 is 0. The Morgan fingerprint density at radius 1 is 1.12 bits per heavy atom. The molecule has 0 aliphatic heterocycles. The molecule has 4 heteroatoms. The molecule has 0 unspecified atom stereocenters. The Balaban J connectivity index is 0.000000351. The molecule has 1 aromatic heterocycles. The fraction of sp³-hybridized carbons (Fsp3) is 0.400. The number of aryl methyl sites for hydroxylation is 2. The number of carboxylic acids is 1. The summed E-state index contributed by atoms with van der Waals surface area (Å²) in [5.74, 6) is -0.841. The highest BCUT2D eigenvalue weighted by Crippen LogP contribution is 2.18. The van der Waals surface area contributed by atoms with Gasteiger partial charge in [0.1, 0.15) is 0 Å². The van der Waals surface area contributed by atoms with Gasteiger partial charge in [0.15, 0.2) is 0 Å². The minimum atomic E-state index is -0.943. The molecule has 0 saturated heterocycles. The summed E-state index contributed by atoms with van der Waals surface area (Å²) in [6, 6.07) is 11.5. The van der Waals surface area contributed by atoms with Gasteiger partial charge in [-0.2, -0.15) is 0 Å². The number of aromatic nitrogens is 1. The molecule has 24 heavy (non-hydrogen) atoms. The number of hydrogen-bond acceptors (Lipinski definition) is 3. The van der Waals surface area contributed by atoms with Crippen LogP contribution in [-0.2, 0) is 18.3 Å². The van der Waals surface area contributed by atoms with Crippen molar-refractivity contribution >= 4 is 11.8 Å². The van der Waals surface area contributed by atoms with Gasteiger partial charge in [-0.3, -0.25) is 4.79 Å². The number of hydrogen-bond donors (Lipinski definition) is 0. The van der Waals surface area contributed by atoms with E-state index < -0.39 is 5.97 Å². The van der Waals surface area contributed by atoms with E-state index in [4.69, 9.17) is 0 Å². The Bertz CT molecular complexity index is 672. The molecule has 0 amide bonds. The first-order chi connectivity index (χ1) is 11.4. The van der Waals surface area contributed by atoms with Crippen LogP contribution in [0.1, 0.15) is 60.4 Å². The van der Waals surface area contributed by atoms with Crippen molar-refractivity contribution in [1.82, 2.24) is 4.57 Å². The summed E-state index contributed by atoms with van der Waals surface area (Å²) < 4.78 is 2.00. The van der Waals surface area contributed by atoms with Gasteiger partial charge >= 0.3 is 0 Å². The highest BCUT2D eigenvalue weighted by molar-refractivity contribution is 6.09. The Morgan fingerprint density at radius 3 is 2.17 bits per heavy atom. The molecule has 0 N–H and O–H groups in total. The Labute approximate surface area is 144 Å². The maximum absolute atomic E-state index is 12.4. The normalized spacial score (nSPS) is 10.0. The topological polar surface area (TPSA) is 62.1 Å². The van der Waals surface area contributed by atoms with Gasteiger partial charge in [0.25, 0.3) is 0 Å². The van der Waals surface area contributed by atoms with Crippen LogP contribution >= 0.6 is 0 Å². The molecule has 0 atom stereocenters. The molecule has 130 valence electrons. The zero-order valence-electron chi connectivity index (χ0n) is 15.0. The molecule has 1 heterocycles. The van der Waals surface area contributed by atoms with Crippen LogP contribution < -0.4 is 5.11 Å². The molecule has 2 aromatic rings. The average Bonchev–Trinajstić information content (AvgIpc) is 2.87. The monoisotopic (exact) mass is 328 g/mol. The summed E-state index contributed by atoms with van der Waals surface area (Å²) in [5.41, 5.74) is 3.80. The fourth-order valence-electron chi connectivity index (χ4n) is 2.54. The number of aliphatic carboxylic acids is 1. The van der Waals surface area contributed by atoms with Crippen molar-refractivity contribution in [3.63, 3.8) is 0 Å². The van der Waals surface area contributed by atoms with Crippen molar-refractivity contribution in [3.05, 3.63) is 58.9 Å². The van der Waals surface area contributed by atoms with Gasteiger partial charge in [-0.15, -0.1) is 0 Å². The van der Waals surface area contributed by atoms with Crippen molar-refractivity contribution in [2.75, 3.05) is 0 Å². The predicted octanol–water partition coefficient (Wildman–Crippen LogP) is 3.05. The minimum absolute atomic E-state index is 0.102. The number of carbonyl (C=O) groups is 2. The van der Waals surface area contributed by atoms with Gasteiger partial charge < -0.3 is 14.5 Å². The number of benzene rings is 1. The number of unbranched alkanes of at least 4 members (excludes halogenated alkanes) is 1. The quantitative estimate of drug-likeness (QED) is 0.766. The van der Waals surface area contributed by atoms with Crippen LogP contribution in [0.4, 0.5) is 0 Å². The van der Waals surface area contributed by atoms with Gasteiger partial charge in [-0.1, -0.05) is 50.6 Å². The van der Waals surface area contributed by atoms with Gasteiger partial charge in [0.2, 0.25) is 5.78 Å². The highest BCUT2D eigenvalue weighted by atomic mass is 16.4. The predicted molar refractivity (Wildman–Crippen MR) is 93.9 cm³/mol. The first kappa shape index (κ1) is 19.7. The number of ketones is 1. The van der Waals surface area contributed by atoms with Crippen LogP contribution in [0.25, 0.3) is 0 Å². The number of carboxylic acid groups (broad SMARTS) is 1. The SMILES string of the molecule is CCCCC(=O)[O-].CCc1cc(C)c(C(=O)c2ccccc2)n1C. The van der Waals surface area contributed by atoms with Crippen LogP contribution in [0.15, 0.2) is 36.4 Å². The fourth-order valence-corrected chi connectivity index (χ4v) is 2.54. The van der Waals surface area contributed by atoms with E-state index in [1.165, 1.54) is 5.69 Å². The second kappa shape index (κ2) is 9.71. The third kappa shape index (κ3) is 5.37. The van der Waals surface area contributed by atoms with E-state index in [1.807, 2.05) is 55.8 Å². The summed E-state index contributed by atoms with van der Waals surface area (Å²) in [7, 11) is 1.96. The molecule has 0 bridgehead atoms. The van der Waals surface area contributed by atoms with Crippen LogP contribution in [-0.4, -0.2) is 16.3 Å². The van der Waals surface area contributed by atoms with Crippen molar-refractivity contribution in [1.29, 1.82) is 0 Å². The minimum Gasteiger partial charge on any atom is -0.550 e. The summed E-state index contributed by atoms with van der Waals surface area (Å²) in [6.07, 6.45) is 2.81. The Hall–Kier alpha value is -2.36. The lowest BCUT2D eigenvalue weighted by atomic mass is 10.1. The molecule has 0 saturated carbocycles. The summed E-state index contributed by atoms with van der Waals surface area (Å²) in [6.45, 7) is 6.05. The van der Waals surface area contributed by atoms with Crippen molar-refractivity contribution in [2.24, 2.45) is 7.05 Å². The first-order valence-corrected chi connectivity index (χ1v) is 8.37. The summed E-state index contributed by atoms with van der Waals surface area (Å²) in [5, 5.41) is 9.65. The van der Waals surface area contributed by atoms with E-state index >= 15 is 0 Å². The maximum Gasteiger partial charge on any atom is 0.209 e. The van der Waals surface area contributed by atoms with Gasteiger partial charge in [-0.25, -0.2) is 0 Å². The molecule has 2 rings (SSSR count). The molecule has 0 aliphatic rings. The smallest absolute Gasteiger partial charge is 0.209 e. The second-order valence-corrected chi connectivity index (χ2v) is 5.75. The molecule has 4 nitrogen and oxygen atoms in total. The van der Waals surface area contributed by atoms with Crippen LogP contribution in [0, 0.1) is 6.92 Å². The van der Waals surface area contributed by atoms with Gasteiger partial charge in [0.05, 0.1) is 5.69 Å². The molecule has 1 aromatic carbocycles. The molecule has 0 aliphatic carbocycles. The largest absolute Gasteiger partial charge is 0.550 e. The van der Waals surface area contributed by atoms with Crippen molar-refractivity contribution in [3.8, 4) is 0 Å². The highest BCUT2D eigenvalue weighted by Gasteiger charge is 2.17. The number of carbonyl (C=O) groups excluding carboxylic acids is 2. The molecule has 0 radical (unpaired) electrons. The Kier molecular flexibility index (Phi) is 7.96. The van der Waals surface area contributed by atoms with Crippen LogP contribution in [0.3, 0.4) is 0 Å². The number of nitrogens with zero attached hydrogens (tertiary/aromatic N) is 1. The van der Waals surface area contributed by atoms with E-state index in [-0.39, 0.29) is 12.2 Å². The van der Waals surface area contributed by atoms with Crippen LogP contribution in [0.5, 0.6) is 0 Å². The van der Waals surface area contributed by atoms with E-state index in [2.05, 4.69) is 13.0 Å². The zero-order valence-corrected chi connectivity index (χ0v) is 15.0. The van der Waals surface area contributed by atoms with Crippen molar-refractivity contribution < 1.29 is 14.7 Å². The van der Waals surface area contributed by atoms with Gasteiger partial charge in [0, 0.05) is 24.3 Å². The average molecular weight is 328 g/mol. The lowest BCUT2D eigenvalue weighted by molar-refractivity contribution is -0.305. The molecule has 0 fully saturated rings. The standard InChI is InChI=1S/C15H17NO.C5H10O2/c1-4-13-10-11(2)14(16(13)3)15(17)12-8-6-5-7-9-12;1-2-3-4-5(6)7/h5-10H,4H2,1-3H3;2-4H2,1H3,(H,6,7)/p-1. The zero-order chi connectivity index (χ0) is 18.1. The molecule has 0 spiro atoms. The third-order valence-corrected chi connectivity index (χ3v) is 3.87. The first-order valence-electron chi connectivity index (χ1n) is 8.37. The van der Waals surface area contributed by atoms with E-state index in [0.29, 0.717) is 0 Å². The lowest BCUT2D eigenvalue weighted by Crippen LogP contribution is -2.21. The number of rotatable bonds is 6.